The maximum atomic E-state index is 11.8. The van der Waals surface area contributed by atoms with Gasteiger partial charge in [-0.15, -0.1) is 0 Å². The fourth-order valence-corrected chi connectivity index (χ4v) is 2.74. The predicted molar refractivity (Wildman–Crippen MR) is 111 cm³/mol. The van der Waals surface area contributed by atoms with E-state index in [9.17, 15) is 4.79 Å². The van der Waals surface area contributed by atoms with Crippen molar-refractivity contribution in [3.63, 3.8) is 0 Å². The molecule has 0 spiro atoms. The van der Waals surface area contributed by atoms with E-state index in [1.54, 1.807) is 0 Å². The number of carbonyl (C=O) groups is 1. The van der Waals surface area contributed by atoms with Gasteiger partial charge in [0.1, 0.15) is 0 Å². The Hall–Kier alpha value is 0.360. The van der Waals surface area contributed by atoms with E-state index in [0.717, 1.165) is 19.3 Å². The summed E-state index contributed by atoms with van der Waals surface area (Å²) in [4.78, 5) is 11.8. The minimum absolute atomic E-state index is 0. The van der Waals surface area contributed by atoms with Crippen molar-refractivity contribution in [1.29, 1.82) is 0 Å². The fourth-order valence-electron chi connectivity index (χ4n) is 2.57. The Morgan fingerprint density at radius 3 is 1.76 bits per heavy atom. The molecule has 0 N–H and O–H groups in total. The summed E-state index contributed by atoms with van der Waals surface area (Å²) in [6.07, 6.45) is 10.1. The minimum atomic E-state index is -0.158. The Kier molecular flexibility index (Phi) is 21.1. The Balaban J connectivity index is 0. The van der Waals surface area contributed by atoms with Crippen LogP contribution in [0.5, 0.6) is 0 Å². The quantitative estimate of drug-likeness (QED) is 0.207. The molecule has 2 atom stereocenters. The molecule has 0 aliphatic carbocycles. The van der Waals surface area contributed by atoms with Crippen molar-refractivity contribution >= 4 is 52.8 Å². The van der Waals surface area contributed by atoms with Crippen molar-refractivity contribution in [2.75, 3.05) is 13.2 Å². The second-order valence-electron chi connectivity index (χ2n) is 6.70. The van der Waals surface area contributed by atoms with Gasteiger partial charge in [0.05, 0.1) is 19.6 Å². The van der Waals surface area contributed by atoms with Crippen LogP contribution in [-0.2, 0) is 14.3 Å². The molecule has 0 fully saturated rings. The molecule has 0 aliphatic heterocycles. The standard InChI is InChI=1S/C20H38O3S.Na/c1-5-9-11-17(7-3)15-22-19(21)13-14-20(24)23-16-18(8-4)12-10-6-2;/h17-18H,5-16H2,1-4H3;. The minimum Gasteiger partial charge on any atom is -0.487 e. The van der Waals surface area contributed by atoms with Crippen LogP contribution in [0, 0.1) is 11.8 Å². The summed E-state index contributed by atoms with van der Waals surface area (Å²) in [6.45, 7) is 9.95. The van der Waals surface area contributed by atoms with Crippen molar-refractivity contribution in [1.82, 2.24) is 0 Å². The predicted octanol–water partition coefficient (Wildman–Crippen LogP) is 5.71. The van der Waals surface area contributed by atoms with Crippen LogP contribution in [0.4, 0.5) is 0 Å². The molecule has 0 rings (SSSR count). The molecule has 0 heterocycles. The third-order valence-electron chi connectivity index (χ3n) is 4.58. The maximum Gasteiger partial charge on any atom is 0.306 e. The first-order valence-electron chi connectivity index (χ1n) is 9.88. The van der Waals surface area contributed by atoms with Crippen LogP contribution in [0.3, 0.4) is 0 Å². The molecule has 0 amide bonds. The van der Waals surface area contributed by atoms with Gasteiger partial charge in [0.15, 0.2) is 5.05 Å². The zero-order chi connectivity index (χ0) is 18.2. The summed E-state index contributed by atoms with van der Waals surface area (Å²) < 4.78 is 11.1. The van der Waals surface area contributed by atoms with Gasteiger partial charge in [-0.05, 0) is 36.9 Å². The molecule has 3 nitrogen and oxygen atoms in total. The fraction of sp³-hybridized carbons (Fsp3) is 0.900. The van der Waals surface area contributed by atoms with Gasteiger partial charge in [-0.3, -0.25) is 4.79 Å². The molecular weight excluding hydrogens is 343 g/mol. The number of esters is 1. The zero-order valence-corrected chi connectivity index (χ0v) is 20.1. The van der Waals surface area contributed by atoms with Crippen LogP contribution in [0.2, 0.25) is 0 Å². The molecule has 0 saturated heterocycles. The number of ether oxygens (including phenoxy) is 2. The first kappa shape index (κ1) is 27.6. The molecule has 0 aromatic rings. The molecule has 25 heavy (non-hydrogen) atoms. The van der Waals surface area contributed by atoms with Crippen molar-refractivity contribution < 1.29 is 14.3 Å². The summed E-state index contributed by atoms with van der Waals surface area (Å²) in [5, 5.41) is 0.542. The number of hydrogen-bond donors (Lipinski definition) is 0. The number of hydrogen-bond acceptors (Lipinski definition) is 4. The average molecular weight is 382 g/mol. The second kappa shape index (κ2) is 19.1. The summed E-state index contributed by atoms with van der Waals surface area (Å²) in [7, 11) is 0. The molecule has 0 aromatic carbocycles. The third-order valence-corrected chi connectivity index (χ3v) is 4.90. The van der Waals surface area contributed by atoms with Gasteiger partial charge in [-0.2, -0.15) is 0 Å². The van der Waals surface area contributed by atoms with Gasteiger partial charge in [0.2, 0.25) is 0 Å². The molecule has 0 aliphatic rings. The molecule has 1 radical (unpaired) electrons. The summed E-state index contributed by atoms with van der Waals surface area (Å²) in [5.74, 6) is 0.897. The van der Waals surface area contributed by atoms with Gasteiger partial charge in [-0.1, -0.05) is 66.2 Å². The van der Waals surface area contributed by atoms with Crippen LogP contribution >= 0.6 is 12.2 Å². The van der Waals surface area contributed by atoms with E-state index in [4.69, 9.17) is 21.7 Å². The molecular formula is C20H38NaO3S. The van der Waals surface area contributed by atoms with E-state index in [2.05, 4.69) is 27.7 Å². The topological polar surface area (TPSA) is 35.5 Å². The molecule has 0 saturated carbocycles. The molecule has 143 valence electrons. The van der Waals surface area contributed by atoms with Crippen LogP contribution in [-0.4, -0.2) is 53.8 Å². The average Bonchev–Trinajstić information content (AvgIpc) is 2.60. The first-order valence-corrected chi connectivity index (χ1v) is 10.3. The van der Waals surface area contributed by atoms with Crippen LogP contribution < -0.4 is 0 Å². The van der Waals surface area contributed by atoms with Crippen LogP contribution in [0.1, 0.15) is 91.9 Å². The Morgan fingerprint density at radius 1 is 0.840 bits per heavy atom. The van der Waals surface area contributed by atoms with Gasteiger partial charge >= 0.3 is 5.97 Å². The molecule has 0 aromatic heterocycles. The van der Waals surface area contributed by atoms with Crippen LogP contribution in [0.15, 0.2) is 0 Å². The normalized spacial score (nSPS) is 12.8. The Labute approximate surface area is 183 Å². The smallest absolute Gasteiger partial charge is 0.306 e. The number of rotatable bonds is 15. The largest absolute Gasteiger partial charge is 0.487 e. The first-order chi connectivity index (χ1) is 11.6. The van der Waals surface area contributed by atoms with Crippen molar-refractivity contribution in [3.8, 4) is 0 Å². The summed E-state index contributed by atoms with van der Waals surface area (Å²) >= 11 is 5.24. The Morgan fingerprint density at radius 2 is 1.32 bits per heavy atom. The number of carbonyl (C=O) groups excluding carboxylic acids is 1. The second-order valence-corrected chi connectivity index (χ2v) is 7.15. The molecule has 0 bridgehead atoms. The zero-order valence-electron chi connectivity index (χ0n) is 17.3. The van der Waals surface area contributed by atoms with Crippen molar-refractivity contribution in [2.24, 2.45) is 11.8 Å². The van der Waals surface area contributed by atoms with E-state index in [1.165, 1.54) is 32.1 Å². The summed E-state index contributed by atoms with van der Waals surface area (Å²) in [6, 6.07) is 0. The van der Waals surface area contributed by atoms with Gasteiger partial charge in [0.25, 0.3) is 0 Å². The van der Waals surface area contributed by atoms with Crippen molar-refractivity contribution in [2.45, 2.75) is 91.9 Å². The third kappa shape index (κ3) is 16.3. The maximum absolute atomic E-state index is 11.8. The number of thiocarbonyl (C=S) groups is 1. The van der Waals surface area contributed by atoms with Gasteiger partial charge < -0.3 is 9.47 Å². The molecule has 2 unspecified atom stereocenters. The van der Waals surface area contributed by atoms with E-state index >= 15 is 0 Å². The van der Waals surface area contributed by atoms with E-state index in [1.807, 2.05) is 0 Å². The Bertz CT molecular complexity index is 305. The summed E-state index contributed by atoms with van der Waals surface area (Å²) in [5.41, 5.74) is 0. The van der Waals surface area contributed by atoms with E-state index < -0.39 is 0 Å². The molecule has 5 heteroatoms. The van der Waals surface area contributed by atoms with Crippen molar-refractivity contribution in [3.05, 3.63) is 0 Å². The monoisotopic (exact) mass is 381 g/mol. The van der Waals surface area contributed by atoms with E-state index in [-0.39, 0.29) is 35.5 Å². The van der Waals surface area contributed by atoms with Crippen LogP contribution in [0.25, 0.3) is 0 Å². The SMILES string of the molecule is CCCCC(CC)COC(=O)CCC(=S)OCC(CC)CCCC.[Na]. The van der Waals surface area contributed by atoms with E-state index in [0.29, 0.717) is 42.9 Å². The number of unbranched alkanes of at least 4 members (excludes halogenated alkanes) is 2. The van der Waals surface area contributed by atoms with Gasteiger partial charge in [0, 0.05) is 36.0 Å². The van der Waals surface area contributed by atoms with Gasteiger partial charge in [-0.25, -0.2) is 0 Å².